The lowest BCUT2D eigenvalue weighted by molar-refractivity contribution is 0.570. The molecule has 0 aliphatic carbocycles. The number of rotatable bonds is 5. The molecule has 1 unspecified atom stereocenters. The van der Waals surface area contributed by atoms with E-state index in [1.807, 2.05) is 0 Å². The van der Waals surface area contributed by atoms with Crippen LogP contribution in [-0.2, 0) is 16.3 Å². The van der Waals surface area contributed by atoms with Gasteiger partial charge in [-0.1, -0.05) is 0 Å². The molecule has 2 heterocycles. The van der Waals surface area contributed by atoms with E-state index in [4.69, 9.17) is 11.6 Å². The van der Waals surface area contributed by atoms with E-state index in [0.717, 1.165) is 12.4 Å². The lowest BCUT2D eigenvalue weighted by atomic mass is 10.3. The SMILES string of the molecule is O=S(=O)(c1ncccn1)C(CCl)Cc1ncc(F)cn1. The smallest absolute Gasteiger partial charge is 0.238 e. The van der Waals surface area contributed by atoms with Gasteiger partial charge >= 0.3 is 0 Å². The van der Waals surface area contributed by atoms with E-state index in [1.165, 1.54) is 18.5 Å². The van der Waals surface area contributed by atoms with Crippen molar-refractivity contribution in [3.05, 3.63) is 42.5 Å². The van der Waals surface area contributed by atoms with Crippen molar-refractivity contribution in [1.82, 2.24) is 19.9 Å². The maximum atomic E-state index is 12.7. The quantitative estimate of drug-likeness (QED) is 0.605. The summed E-state index contributed by atoms with van der Waals surface area (Å²) in [6.45, 7) is 0. The minimum atomic E-state index is -3.79. The molecule has 0 radical (unpaired) electrons. The molecule has 20 heavy (non-hydrogen) atoms. The Kier molecular flexibility index (Phi) is 4.56. The number of sulfone groups is 1. The van der Waals surface area contributed by atoms with Gasteiger partial charge in [-0.25, -0.2) is 32.7 Å². The molecule has 0 saturated heterocycles. The molecule has 0 N–H and O–H groups in total. The molecule has 0 spiro atoms. The van der Waals surface area contributed by atoms with Gasteiger partial charge in [0.05, 0.1) is 17.6 Å². The van der Waals surface area contributed by atoms with Crippen molar-refractivity contribution in [3.8, 4) is 0 Å². The number of aromatic nitrogens is 4. The highest BCUT2D eigenvalue weighted by molar-refractivity contribution is 7.92. The lowest BCUT2D eigenvalue weighted by Crippen LogP contribution is -2.28. The average Bonchev–Trinajstić information content (AvgIpc) is 2.47. The van der Waals surface area contributed by atoms with Crippen LogP contribution in [0.15, 0.2) is 36.0 Å². The van der Waals surface area contributed by atoms with Gasteiger partial charge in [0.15, 0.2) is 5.82 Å². The van der Waals surface area contributed by atoms with E-state index in [-0.39, 0.29) is 23.3 Å². The summed E-state index contributed by atoms with van der Waals surface area (Å²) in [4.78, 5) is 14.9. The zero-order valence-corrected chi connectivity index (χ0v) is 11.7. The fourth-order valence-corrected chi connectivity index (χ4v) is 3.33. The molecule has 0 aromatic carbocycles. The summed E-state index contributed by atoms with van der Waals surface area (Å²) in [5, 5.41) is -1.27. The first-order valence-corrected chi connectivity index (χ1v) is 7.65. The van der Waals surface area contributed by atoms with Crippen molar-refractivity contribution in [1.29, 1.82) is 0 Å². The molecule has 0 bridgehead atoms. The zero-order valence-electron chi connectivity index (χ0n) is 10.1. The van der Waals surface area contributed by atoms with Crippen molar-refractivity contribution in [2.75, 3.05) is 5.88 Å². The first-order chi connectivity index (χ1) is 9.54. The monoisotopic (exact) mass is 316 g/mol. The van der Waals surface area contributed by atoms with Crippen LogP contribution in [0.4, 0.5) is 4.39 Å². The highest BCUT2D eigenvalue weighted by atomic mass is 35.5. The van der Waals surface area contributed by atoms with E-state index in [2.05, 4.69) is 19.9 Å². The Morgan fingerprint density at radius 2 is 1.75 bits per heavy atom. The van der Waals surface area contributed by atoms with Gasteiger partial charge in [-0.05, 0) is 6.07 Å². The van der Waals surface area contributed by atoms with E-state index in [9.17, 15) is 12.8 Å². The summed E-state index contributed by atoms with van der Waals surface area (Å²) in [5.41, 5.74) is 0. The molecule has 1 atom stereocenters. The molecule has 2 aromatic heterocycles. The van der Waals surface area contributed by atoms with E-state index in [1.54, 1.807) is 0 Å². The van der Waals surface area contributed by atoms with Crippen molar-refractivity contribution in [2.45, 2.75) is 16.8 Å². The largest absolute Gasteiger partial charge is 0.247 e. The van der Waals surface area contributed by atoms with Gasteiger partial charge in [-0.3, -0.25) is 0 Å². The number of alkyl halides is 1. The van der Waals surface area contributed by atoms with Crippen LogP contribution in [0.25, 0.3) is 0 Å². The average molecular weight is 317 g/mol. The minimum Gasteiger partial charge on any atom is -0.238 e. The molecule has 0 aliphatic heterocycles. The third kappa shape index (κ3) is 3.26. The molecule has 2 aromatic rings. The lowest BCUT2D eigenvalue weighted by Gasteiger charge is -2.12. The van der Waals surface area contributed by atoms with Crippen LogP contribution in [-0.4, -0.2) is 39.5 Å². The van der Waals surface area contributed by atoms with Crippen LogP contribution in [0.2, 0.25) is 0 Å². The van der Waals surface area contributed by atoms with E-state index < -0.39 is 20.9 Å². The maximum Gasteiger partial charge on any atom is 0.247 e. The number of hydrogen-bond donors (Lipinski definition) is 0. The number of hydrogen-bond acceptors (Lipinski definition) is 6. The third-order valence-electron chi connectivity index (χ3n) is 2.49. The maximum absolute atomic E-state index is 12.7. The molecule has 0 saturated carbocycles. The fraction of sp³-hybridized carbons (Fsp3) is 0.273. The van der Waals surface area contributed by atoms with Crippen LogP contribution in [0.5, 0.6) is 0 Å². The van der Waals surface area contributed by atoms with Crippen LogP contribution < -0.4 is 0 Å². The molecular weight excluding hydrogens is 307 g/mol. The van der Waals surface area contributed by atoms with Crippen molar-refractivity contribution < 1.29 is 12.8 Å². The van der Waals surface area contributed by atoms with Gasteiger partial charge in [-0.2, -0.15) is 0 Å². The first-order valence-electron chi connectivity index (χ1n) is 5.57. The molecule has 0 amide bonds. The van der Waals surface area contributed by atoms with E-state index >= 15 is 0 Å². The molecule has 106 valence electrons. The molecule has 0 fully saturated rings. The van der Waals surface area contributed by atoms with Gasteiger partial charge in [0.25, 0.3) is 0 Å². The van der Waals surface area contributed by atoms with Crippen LogP contribution in [0, 0.1) is 5.82 Å². The molecular formula is C11H10ClFN4O2S. The second-order valence-corrected chi connectivity index (χ2v) is 6.30. The van der Waals surface area contributed by atoms with Crippen molar-refractivity contribution in [2.24, 2.45) is 0 Å². The summed E-state index contributed by atoms with van der Waals surface area (Å²) in [6.07, 6.45) is 4.57. The van der Waals surface area contributed by atoms with Gasteiger partial charge in [0, 0.05) is 24.7 Å². The second kappa shape index (κ2) is 6.19. The second-order valence-electron chi connectivity index (χ2n) is 3.87. The highest BCUT2D eigenvalue weighted by Gasteiger charge is 2.30. The minimum absolute atomic E-state index is 0.0373. The van der Waals surface area contributed by atoms with Gasteiger partial charge in [0.1, 0.15) is 5.82 Å². The Morgan fingerprint density at radius 1 is 1.15 bits per heavy atom. The molecule has 2 rings (SSSR count). The summed E-state index contributed by atoms with van der Waals surface area (Å²) in [5.74, 6) is -0.566. The number of halogens is 2. The Bertz CT molecular complexity index is 667. The molecule has 0 aliphatic rings. The topological polar surface area (TPSA) is 85.7 Å². The molecule has 9 heteroatoms. The van der Waals surface area contributed by atoms with Crippen molar-refractivity contribution >= 4 is 21.4 Å². The summed E-state index contributed by atoms with van der Waals surface area (Å²) < 4.78 is 37.3. The fourth-order valence-electron chi connectivity index (χ4n) is 1.48. The summed E-state index contributed by atoms with van der Waals surface area (Å²) >= 11 is 5.72. The predicted octanol–water partition coefficient (Wildman–Crippen LogP) is 1.03. The van der Waals surface area contributed by atoms with Gasteiger partial charge in [0.2, 0.25) is 15.0 Å². The summed E-state index contributed by atoms with van der Waals surface area (Å²) in [6, 6.07) is 1.51. The number of nitrogens with zero attached hydrogens (tertiary/aromatic N) is 4. The van der Waals surface area contributed by atoms with Gasteiger partial charge in [-0.15, -0.1) is 11.6 Å². The third-order valence-corrected chi connectivity index (χ3v) is 4.98. The predicted molar refractivity (Wildman–Crippen MR) is 69.4 cm³/mol. The standard InChI is InChI=1S/C11H10ClFN4O2S/c12-5-9(4-10-16-6-8(13)7-17-10)20(18,19)11-14-2-1-3-15-11/h1-3,6-7,9H,4-5H2. The van der Waals surface area contributed by atoms with Crippen LogP contribution >= 0.6 is 11.6 Å². The zero-order chi connectivity index (χ0) is 14.6. The van der Waals surface area contributed by atoms with Gasteiger partial charge < -0.3 is 0 Å². The first kappa shape index (κ1) is 14.7. The van der Waals surface area contributed by atoms with Crippen molar-refractivity contribution in [3.63, 3.8) is 0 Å². The van der Waals surface area contributed by atoms with Crippen LogP contribution in [0.3, 0.4) is 0 Å². The Morgan fingerprint density at radius 3 is 2.30 bits per heavy atom. The van der Waals surface area contributed by atoms with E-state index in [0.29, 0.717) is 0 Å². The Balaban J connectivity index is 2.26. The Hall–Kier alpha value is -1.67. The van der Waals surface area contributed by atoms with Crippen LogP contribution in [0.1, 0.15) is 5.82 Å². The molecule has 6 nitrogen and oxygen atoms in total. The highest BCUT2D eigenvalue weighted by Crippen LogP contribution is 2.15. The summed E-state index contributed by atoms with van der Waals surface area (Å²) in [7, 11) is -3.79. The normalized spacial score (nSPS) is 13.1. The Labute approximate surface area is 120 Å².